The molecule has 0 atom stereocenters. The molecule has 0 amide bonds. The van der Waals surface area contributed by atoms with Crippen molar-refractivity contribution in [3.8, 4) is 22.3 Å². The first-order valence-corrected chi connectivity index (χ1v) is 24.5. The molecule has 51 heavy (non-hydrogen) atoms. The van der Waals surface area contributed by atoms with Crippen molar-refractivity contribution in [2.75, 3.05) is 0 Å². The Balaban J connectivity index is 0.000000137. The average molecular weight is 795 g/mol. The van der Waals surface area contributed by atoms with Crippen LogP contribution in [0.3, 0.4) is 0 Å². The zero-order valence-electron chi connectivity index (χ0n) is 28.7. The molecule has 0 bridgehead atoms. The molecule has 248 valence electrons. The van der Waals surface area contributed by atoms with Gasteiger partial charge in [-0.3, -0.25) is 9.97 Å². The van der Waals surface area contributed by atoms with Crippen LogP contribution in [-0.4, -0.2) is 19.5 Å². The minimum absolute atomic E-state index is 0.826. The fraction of sp³-hybridized carbons (Fsp3) is 0.0667. The second-order valence-electron chi connectivity index (χ2n) is 12.2. The molecule has 2 aromatic heterocycles. The zero-order chi connectivity index (χ0) is 35.6. The number of nitrogens with zero attached hydrogens (tertiary/aromatic N) is 2. The summed E-state index contributed by atoms with van der Waals surface area (Å²) < 4.78 is 0. The summed E-state index contributed by atoms with van der Waals surface area (Å²) in [7, 11) is 10.8. The van der Waals surface area contributed by atoms with Gasteiger partial charge in [-0.2, -0.15) is 12.1 Å². The SMILES string of the molecule is C[Si]c1ccccc1.Cc1cc2c(-c3cnc4ccccc4c3)cccc2[cH-]1.Cc1cc2c(-c3cnc4ccccc4c3)cccc2[cH-]1.[Cl][Zr+2][Cl]. The number of hydrogen-bond donors (Lipinski definition) is 0. The first-order chi connectivity index (χ1) is 25.0. The van der Waals surface area contributed by atoms with E-state index in [2.05, 4.69) is 152 Å². The van der Waals surface area contributed by atoms with Gasteiger partial charge >= 0.3 is 37.9 Å². The molecule has 0 N–H and O–H groups in total. The topological polar surface area (TPSA) is 25.8 Å². The van der Waals surface area contributed by atoms with E-state index in [4.69, 9.17) is 17.0 Å². The quantitative estimate of drug-likeness (QED) is 0.131. The predicted octanol–water partition coefficient (Wildman–Crippen LogP) is 12.6. The number of pyridine rings is 2. The third-order valence-corrected chi connectivity index (χ3v) is 9.57. The van der Waals surface area contributed by atoms with Crippen LogP contribution in [-0.2, 0) is 20.8 Å². The standard InChI is InChI=1S/2C19H14N.C7H8Si.2ClH.Zr/c2*1-13-9-14-6-4-7-17(18(14)10-13)16-11-15-5-2-3-8-19(15)20-12-16;1-8-7-5-3-2-4-6-7;;;/h2*2-12H,1H3;2-6H,1H3;2*1H;/q2*-1;;;;+4/p-2. The van der Waals surface area contributed by atoms with Crippen LogP contribution in [0.15, 0.2) is 164 Å². The molecule has 2 heterocycles. The van der Waals surface area contributed by atoms with Crippen LogP contribution in [0, 0.1) is 13.8 Å². The Kier molecular flexibility index (Phi) is 12.8. The number of hydrogen-bond acceptors (Lipinski definition) is 2. The van der Waals surface area contributed by atoms with Gasteiger partial charge in [0.1, 0.15) is 0 Å². The summed E-state index contributed by atoms with van der Waals surface area (Å²) in [5.41, 5.74) is 9.58. The maximum absolute atomic E-state index is 4.93. The van der Waals surface area contributed by atoms with Gasteiger partial charge < -0.3 is 0 Å². The summed E-state index contributed by atoms with van der Waals surface area (Å²) in [6.45, 7) is 6.47. The molecule has 9 aromatic rings. The first kappa shape index (κ1) is 36.6. The second kappa shape index (κ2) is 17.8. The van der Waals surface area contributed by atoms with E-state index in [1.54, 1.807) is 0 Å². The molecule has 0 aliphatic heterocycles. The average Bonchev–Trinajstić information content (AvgIpc) is 3.76. The number of rotatable bonds is 3. The molecule has 0 aliphatic carbocycles. The molecular weight excluding hydrogens is 759 g/mol. The summed E-state index contributed by atoms with van der Waals surface area (Å²) in [6.07, 6.45) is 3.94. The number of benzene rings is 5. The van der Waals surface area contributed by atoms with E-state index in [1.165, 1.54) is 70.9 Å². The Morgan fingerprint density at radius 2 is 0.961 bits per heavy atom. The van der Waals surface area contributed by atoms with Crippen LogP contribution in [0.2, 0.25) is 6.55 Å². The van der Waals surface area contributed by atoms with Gasteiger partial charge in [0.15, 0.2) is 0 Å². The van der Waals surface area contributed by atoms with Crippen molar-refractivity contribution in [2.45, 2.75) is 20.4 Å². The summed E-state index contributed by atoms with van der Waals surface area (Å²) in [6, 6.07) is 53.3. The summed E-state index contributed by atoms with van der Waals surface area (Å²) in [4.78, 5) is 9.14. The molecular formula is C45H36Cl2N2SiZr. The minimum atomic E-state index is -0.826. The van der Waals surface area contributed by atoms with Gasteiger partial charge in [-0.15, -0.1) is 69.1 Å². The Hall–Kier alpha value is -4.18. The van der Waals surface area contributed by atoms with Gasteiger partial charge in [0.25, 0.3) is 0 Å². The monoisotopic (exact) mass is 792 g/mol. The van der Waals surface area contributed by atoms with Crippen LogP contribution < -0.4 is 5.19 Å². The second-order valence-corrected chi connectivity index (χ2v) is 17.0. The van der Waals surface area contributed by atoms with E-state index in [1.807, 2.05) is 42.7 Å². The van der Waals surface area contributed by atoms with Crippen LogP contribution >= 0.6 is 17.0 Å². The third kappa shape index (κ3) is 9.19. The van der Waals surface area contributed by atoms with E-state index in [0.29, 0.717) is 0 Å². The van der Waals surface area contributed by atoms with E-state index < -0.39 is 20.8 Å². The van der Waals surface area contributed by atoms with Gasteiger partial charge in [-0.05, 0) is 35.4 Å². The predicted molar refractivity (Wildman–Crippen MR) is 219 cm³/mol. The maximum atomic E-state index is 4.93. The van der Waals surface area contributed by atoms with Crippen molar-refractivity contribution in [1.82, 2.24) is 9.97 Å². The Bertz CT molecular complexity index is 2350. The molecule has 0 saturated carbocycles. The number of para-hydroxylation sites is 2. The number of aromatic nitrogens is 2. The van der Waals surface area contributed by atoms with Gasteiger partial charge in [0, 0.05) is 23.2 Å². The van der Waals surface area contributed by atoms with Gasteiger partial charge in [-0.25, -0.2) is 0 Å². The first-order valence-electron chi connectivity index (χ1n) is 16.7. The van der Waals surface area contributed by atoms with Crippen molar-refractivity contribution >= 4 is 75.1 Å². The summed E-state index contributed by atoms with van der Waals surface area (Å²) in [5, 5.41) is 9.02. The molecule has 0 fully saturated rings. The molecule has 0 spiro atoms. The van der Waals surface area contributed by atoms with E-state index >= 15 is 0 Å². The molecule has 0 aliphatic rings. The summed E-state index contributed by atoms with van der Waals surface area (Å²) in [5.74, 6) is 0. The Morgan fingerprint density at radius 3 is 1.39 bits per heavy atom. The molecule has 9 rings (SSSR count). The number of aryl methyl sites for hydroxylation is 2. The molecule has 0 saturated heterocycles. The van der Waals surface area contributed by atoms with Crippen molar-refractivity contribution in [1.29, 1.82) is 0 Å². The molecule has 7 aromatic carbocycles. The van der Waals surface area contributed by atoms with Gasteiger partial charge in [-0.1, -0.05) is 116 Å². The summed E-state index contributed by atoms with van der Waals surface area (Å²) >= 11 is -0.826. The normalized spacial score (nSPS) is 10.5. The van der Waals surface area contributed by atoms with Crippen LogP contribution in [0.1, 0.15) is 11.1 Å². The van der Waals surface area contributed by atoms with Crippen LogP contribution in [0.25, 0.3) is 65.6 Å². The van der Waals surface area contributed by atoms with Crippen molar-refractivity contribution in [3.63, 3.8) is 0 Å². The molecule has 2 radical (unpaired) electrons. The van der Waals surface area contributed by atoms with E-state index in [9.17, 15) is 0 Å². The van der Waals surface area contributed by atoms with Crippen LogP contribution in [0.4, 0.5) is 0 Å². The van der Waals surface area contributed by atoms with Crippen molar-refractivity contribution in [3.05, 3.63) is 175 Å². The molecule has 0 unspecified atom stereocenters. The fourth-order valence-electron chi connectivity index (χ4n) is 6.31. The Morgan fingerprint density at radius 1 is 0.529 bits per heavy atom. The molecule has 6 heteroatoms. The number of fused-ring (bicyclic) bond motifs is 4. The zero-order valence-corrected chi connectivity index (χ0v) is 33.7. The van der Waals surface area contributed by atoms with E-state index in [-0.39, 0.29) is 0 Å². The number of halogens is 2. The van der Waals surface area contributed by atoms with Gasteiger partial charge in [0.2, 0.25) is 0 Å². The van der Waals surface area contributed by atoms with Crippen molar-refractivity contribution < 1.29 is 20.8 Å². The fourth-order valence-corrected chi connectivity index (χ4v) is 6.84. The Labute approximate surface area is 321 Å². The third-order valence-electron chi connectivity index (χ3n) is 8.66. The van der Waals surface area contributed by atoms with Gasteiger partial charge in [0.05, 0.1) is 20.6 Å². The van der Waals surface area contributed by atoms with E-state index in [0.717, 1.165) is 20.6 Å². The van der Waals surface area contributed by atoms with Crippen LogP contribution in [0.5, 0.6) is 0 Å². The molecule has 2 nitrogen and oxygen atoms in total. The van der Waals surface area contributed by atoms with Crippen molar-refractivity contribution in [2.24, 2.45) is 0 Å².